The van der Waals surface area contributed by atoms with Crippen LogP contribution in [-0.4, -0.2) is 66.1 Å². The highest BCUT2D eigenvalue weighted by molar-refractivity contribution is 7.89. The second kappa shape index (κ2) is 11.7. The maximum absolute atomic E-state index is 12.6. The van der Waals surface area contributed by atoms with E-state index in [1.165, 1.54) is 39.5 Å². The first-order chi connectivity index (χ1) is 15.6. The molecule has 0 radical (unpaired) electrons. The molecule has 10 nitrogen and oxygen atoms in total. The first kappa shape index (κ1) is 26.2. The lowest BCUT2D eigenvalue weighted by Crippen LogP contribution is -2.35. The summed E-state index contributed by atoms with van der Waals surface area (Å²) in [5.74, 6) is 0.752. The Morgan fingerprint density at radius 2 is 1.61 bits per heavy atom. The maximum Gasteiger partial charge on any atom is 0.251 e. The van der Waals surface area contributed by atoms with Gasteiger partial charge in [0.05, 0.1) is 21.3 Å². The van der Waals surface area contributed by atoms with Gasteiger partial charge in [0, 0.05) is 18.2 Å². The lowest BCUT2D eigenvalue weighted by Gasteiger charge is -2.17. The van der Waals surface area contributed by atoms with Crippen LogP contribution < -0.4 is 29.0 Å². The number of ether oxygens (including phenoxy) is 4. The Morgan fingerprint density at radius 1 is 1.00 bits per heavy atom. The van der Waals surface area contributed by atoms with Crippen molar-refractivity contribution in [3.8, 4) is 23.0 Å². The van der Waals surface area contributed by atoms with Crippen LogP contribution in [0.4, 0.5) is 0 Å². The van der Waals surface area contributed by atoms with E-state index in [1.54, 1.807) is 32.0 Å². The molecule has 3 N–H and O–H groups in total. The monoisotopic (exact) mass is 482 g/mol. The summed E-state index contributed by atoms with van der Waals surface area (Å²) in [6, 6.07) is 8.84. The SMILES string of the molecule is COc1ccc(C(=O)NCC(O)COc2c(OC)cccc2OC)cc1S(=O)(=O)NC(C)C. The van der Waals surface area contributed by atoms with Gasteiger partial charge in [-0.1, -0.05) is 6.07 Å². The second-order valence-corrected chi connectivity index (χ2v) is 8.99. The van der Waals surface area contributed by atoms with Gasteiger partial charge in [0.2, 0.25) is 15.8 Å². The standard InChI is InChI=1S/C22H30N2O8S/c1-14(2)24-33(27,28)20-11-15(9-10-17(20)29-3)22(26)23-12-16(25)13-32-21-18(30-4)7-6-8-19(21)31-5/h6-11,14,16,24-25H,12-13H2,1-5H3,(H,23,26). The third kappa shape index (κ3) is 6.98. The molecule has 0 fully saturated rings. The summed E-state index contributed by atoms with van der Waals surface area (Å²) in [4.78, 5) is 12.4. The average molecular weight is 483 g/mol. The molecule has 11 heteroatoms. The first-order valence-electron chi connectivity index (χ1n) is 10.1. The molecule has 1 amide bonds. The van der Waals surface area contributed by atoms with Gasteiger partial charge in [-0.05, 0) is 44.2 Å². The van der Waals surface area contributed by atoms with Gasteiger partial charge >= 0.3 is 0 Å². The van der Waals surface area contributed by atoms with Crippen LogP contribution >= 0.6 is 0 Å². The Labute approximate surface area is 193 Å². The van der Waals surface area contributed by atoms with Crippen molar-refractivity contribution in [2.45, 2.75) is 30.9 Å². The number of rotatable bonds is 12. The molecule has 0 aliphatic rings. The molecule has 0 spiro atoms. The van der Waals surface area contributed by atoms with Crippen LogP contribution in [0.2, 0.25) is 0 Å². The number of carbonyl (C=O) groups excluding carboxylic acids is 1. The first-order valence-corrected chi connectivity index (χ1v) is 11.6. The van der Waals surface area contributed by atoms with Gasteiger partial charge in [0.1, 0.15) is 23.4 Å². The normalized spacial score (nSPS) is 12.2. The van der Waals surface area contributed by atoms with E-state index >= 15 is 0 Å². The molecular formula is C22H30N2O8S. The van der Waals surface area contributed by atoms with E-state index in [4.69, 9.17) is 18.9 Å². The van der Waals surface area contributed by atoms with E-state index in [2.05, 4.69) is 10.0 Å². The Morgan fingerprint density at radius 3 is 2.15 bits per heavy atom. The average Bonchev–Trinajstić information content (AvgIpc) is 2.79. The number of para-hydroxylation sites is 1. The van der Waals surface area contributed by atoms with Crippen molar-refractivity contribution in [2.75, 3.05) is 34.5 Å². The van der Waals surface area contributed by atoms with Crippen molar-refractivity contribution in [3.05, 3.63) is 42.0 Å². The van der Waals surface area contributed by atoms with Crippen LogP contribution in [0.3, 0.4) is 0 Å². The van der Waals surface area contributed by atoms with E-state index in [1.807, 2.05) is 0 Å². The predicted molar refractivity (Wildman–Crippen MR) is 122 cm³/mol. The molecule has 0 bridgehead atoms. The van der Waals surface area contributed by atoms with Gasteiger partial charge < -0.3 is 29.4 Å². The van der Waals surface area contributed by atoms with E-state index in [0.717, 1.165) is 0 Å². The molecular weight excluding hydrogens is 452 g/mol. The number of benzene rings is 2. The Bertz CT molecular complexity index is 1030. The third-order valence-electron chi connectivity index (χ3n) is 4.41. The molecule has 33 heavy (non-hydrogen) atoms. The molecule has 0 heterocycles. The lowest BCUT2D eigenvalue weighted by molar-refractivity contribution is 0.0833. The summed E-state index contributed by atoms with van der Waals surface area (Å²) in [5.41, 5.74) is 0.0967. The molecule has 2 rings (SSSR count). The number of amides is 1. The number of methoxy groups -OCH3 is 3. The number of nitrogens with one attached hydrogen (secondary N) is 2. The minimum Gasteiger partial charge on any atom is -0.495 e. The van der Waals surface area contributed by atoms with Gasteiger partial charge in [-0.25, -0.2) is 13.1 Å². The summed E-state index contributed by atoms with van der Waals surface area (Å²) in [6.07, 6.45) is -1.05. The zero-order chi connectivity index (χ0) is 24.6. The smallest absolute Gasteiger partial charge is 0.251 e. The van der Waals surface area contributed by atoms with Crippen LogP contribution in [0.1, 0.15) is 24.2 Å². The maximum atomic E-state index is 12.6. The van der Waals surface area contributed by atoms with Crippen LogP contribution in [-0.2, 0) is 10.0 Å². The summed E-state index contributed by atoms with van der Waals surface area (Å²) in [5, 5.41) is 12.8. The predicted octanol–water partition coefficient (Wildman–Crippen LogP) is 1.57. The van der Waals surface area contributed by atoms with Gasteiger partial charge in [0.15, 0.2) is 11.5 Å². The molecule has 2 aromatic carbocycles. The lowest BCUT2D eigenvalue weighted by atomic mass is 10.2. The topological polar surface area (TPSA) is 132 Å². The number of aliphatic hydroxyl groups is 1. The molecule has 1 unspecified atom stereocenters. The molecule has 0 saturated carbocycles. The number of hydrogen-bond acceptors (Lipinski definition) is 8. The molecule has 2 aromatic rings. The highest BCUT2D eigenvalue weighted by Gasteiger charge is 2.23. The molecule has 0 aromatic heterocycles. The van der Waals surface area contributed by atoms with E-state index < -0.39 is 22.0 Å². The van der Waals surface area contributed by atoms with Crippen molar-refractivity contribution < 1.29 is 37.3 Å². The molecule has 182 valence electrons. The van der Waals surface area contributed by atoms with Gasteiger partial charge in [-0.2, -0.15) is 0 Å². The van der Waals surface area contributed by atoms with Crippen molar-refractivity contribution in [3.63, 3.8) is 0 Å². The van der Waals surface area contributed by atoms with Gasteiger partial charge in [-0.3, -0.25) is 4.79 Å². The molecule has 1 atom stereocenters. The van der Waals surface area contributed by atoms with Crippen molar-refractivity contribution >= 4 is 15.9 Å². The zero-order valence-corrected chi connectivity index (χ0v) is 20.1. The van der Waals surface area contributed by atoms with Crippen LogP contribution in [0.5, 0.6) is 23.0 Å². The third-order valence-corrected chi connectivity index (χ3v) is 6.09. The highest BCUT2D eigenvalue weighted by atomic mass is 32.2. The summed E-state index contributed by atoms with van der Waals surface area (Å²) >= 11 is 0. The van der Waals surface area contributed by atoms with E-state index in [0.29, 0.717) is 17.2 Å². The minimum absolute atomic E-state index is 0.0967. The molecule has 0 aliphatic heterocycles. The minimum atomic E-state index is -3.89. The Hall–Kier alpha value is -3.02. The quantitative estimate of drug-likeness (QED) is 0.415. The van der Waals surface area contributed by atoms with Crippen LogP contribution in [0, 0.1) is 0 Å². The van der Waals surface area contributed by atoms with Crippen LogP contribution in [0.15, 0.2) is 41.3 Å². The summed E-state index contributed by atoms with van der Waals surface area (Å²) in [6.45, 7) is 3.10. The fraction of sp³-hybridized carbons (Fsp3) is 0.409. The molecule has 0 saturated heterocycles. The fourth-order valence-corrected chi connectivity index (χ4v) is 4.36. The number of sulfonamides is 1. The fourth-order valence-electron chi connectivity index (χ4n) is 2.91. The second-order valence-electron chi connectivity index (χ2n) is 7.31. The number of aliphatic hydroxyl groups excluding tert-OH is 1. The van der Waals surface area contributed by atoms with E-state index in [-0.39, 0.29) is 35.4 Å². The largest absolute Gasteiger partial charge is 0.495 e. The summed E-state index contributed by atoms with van der Waals surface area (Å²) < 4.78 is 48.9. The van der Waals surface area contributed by atoms with Crippen molar-refractivity contribution in [1.82, 2.24) is 10.0 Å². The highest BCUT2D eigenvalue weighted by Crippen LogP contribution is 2.36. The number of hydrogen-bond donors (Lipinski definition) is 3. The zero-order valence-electron chi connectivity index (χ0n) is 19.2. The van der Waals surface area contributed by atoms with Crippen LogP contribution in [0.25, 0.3) is 0 Å². The Kier molecular flexibility index (Phi) is 9.32. The Balaban J connectivity index is 2.06. The van der Waals surface area contributed by atoms with E-state index in [9.17, 15) is 18.3 Å². The van der Waals surface area contributed by atoms with Crippen molar-refractivity contribution in [1.29, 1.82) is 0 Å². The van der Waals surface area contributed by atoms with Crippen molar-refractivity contribution in [2.24, 2.45) is 0 Å². The number of carbonyl (C=O) groups is 1. The summed E-state index contributed by atoms with van der Waals surface area (Å²) in [7, 11) is 0.422. The van der Waals surface area contributed by atoms with Gasteiger partial charge in [-0.15, -0.1) is 0 Å². The van der Waals surface area contributed by atoms with Gasteiger partial charge in [0.25, 0.3) is 5.91 Å². The molecule has 0 aliphatic carbocycles.